The van der Waals surface area contributed by atoms with Crippen molar-refractivity contribution < 1.29 is 33.5 Å². The number of likely N-dealkylation sites (tertiary alicyclic amines) is 4. The van der Waals surface area contributed by atoms with Gasteiger partial charge in [-0.05, 0) is 200 Å². The van der Waals surface area contributed by atoms with E-state index in [0.717, 1.165) is 277 Å². The molecule has 0 N–H and O–H groups in total. The number of rotatable bonds is 11. The van der Waals surface area contributed by atoms with Crippen LogP contribution in [0.2, 0.25) is 0 Å². The fourth-order valence-electron chi connectivity index (χ4n) is 21.2. The molecule has 13 aliphatic heterocycles. The monoisotopic (exact) mass is 1650 g/mol. The standard InChI is InChI=1S/C19H28N2O2.C15H28N4O.2C15H27N3O.C15H29N3O.C14H27N3O/c1-16(2)20-10-12-21(13-11-20)18(22)19(8-14-23-15-9-19)17-6-4-3-5-7-17;1-13(2)16-6-9-18(10-7-16)15(20)19-11-8-17-5-3-4-14(17)12-19;1-11(2)16-5-7-17(8-6-16)14(19)18-9-12-13(10-18)15(12,3)4;1-12(2)16-7-9-17(10-8-16)15(19)18-6-5-14(11-18)13-3-4-13;1-12(2)14-5-6-18(11-14)15(19)17-9-7-16(8-10-17)13(3)4;1-4-13-5-6-17(11-13)14(18)16-9-7-15(8-10-16)12(2)3/h3-7,16H,8-15H2,1-2H3;13-14H,3-12H2,1-2H3;11-13H,5-10H2,1-4H3;12-14H,3-11H2,1-2H3;12-14H,5-11H2,1-4H3;12-13H,4-11H2,1-3H3. The number of amides is 11. The molecule has 1 aromatic rings. The SMILES string of the molecule is CC(C)C1CCN(C(=O)N2CCN(C(C)C)CC2)C1.CC(C)N1CCN(C(=O)C2(c3ccccc3)CCOCC2)CC1.CC(C)N1CCN(C(=O)N2CC3C(C2)C3(C)C)CC1.CC(C)N1CCN(C(=O)N2CCC(C3CC3)C2)CC1.CC(C)N1CCN(C(=O)N2CCN3CCCC3C2)CC1.CCC1CCN(C(=O)N2CCN(C(C)C)CC2)C1. The summed E-state index contributed by atoms with van der Waals surface area (Å²) < 4.78 is 5.55. The Kier molecular flexibility index (Phi) is 34.3. The van der Waals surface area contributed by atoms with E-state index in [1.165, 1.54) is 57.9 Å². The number of benzene rings is 1. The van der Waals surface area contributed by atoms with Gasteiger partial charge in [0.05, 0.1) is 5.41 Å². The third-order valence-corrected chi connectivity index (χ3v) is 30.6. The van der Waals surface area contributed by atoms with Gasteiger partial charge in [-0.3, -0.25) is 39.1 Å². The molecule has 25 nitrogen and oxygen atoms in total. The van der Waals surface area contributed by atoms with Crippen LogP contribution in [0.5, 0.6) is 0 Å². The highest BCUT2D eigenvalue weighted by molar-refractivity contribution is 5.88. The summed E-state index contributed by atoms with van der Waals surface area (Å²) in [7, 11) is 0. The van der Waals surface area contributed by atoms with Gasteiger partial charge in [0.2, 0.25) is 5.91 Å². The summed E-state index contributed by atoms with van der Waals surface area (Å²) in [4.78, 5) is 116. The zero-order chi connectivity index (χ0) is 84.7. The van der Waals surface area contributed by atoms with E-state index in [9.17, 15) is 28.8 Å². The second-order valence-electron chi connectivity index (χ2n) is 40.3. The summed E-state index contributed by atoms with van der Waals surface area (Å²) in [6.45, 7) is 74.3. The Morgan fingerprint density at radius 2 is 0.703 bits per heavy atom. The Bertz CT molecular complexity index is 3120. The number of hydrogen-bond acceptors (Lipinski definition) is 14. The van der Waals surface area contributed by atoms with Gasteiger partial charge in [-0.1, -0.05) is 71.4 Å². The molecular formula is C93H166N18O7. The van der Waals surface area contributed by atoms with Gasteiger partial charge in [-0.25, -0.2) is 24.0 Å². The third kappa shape index (κ3) is 24.4. The van der Waals surface area contributed by atoms with Gasteiger partial charge in [0.15, 0.2) is 0 Å². The summed E-state index contributed by atoms with van der Waals surface area (Å²) in [6.07, 6.45) is 11.8. The van der Waals surface area contributed by atoms with E-state index in [1.54, 1.807) is 0 Å². The Morgan fingerprint density at radius 1 is 0.347 bits per heavy atom. The lowest BCUT2D eigenvalue weighted by atomic mass is 9.73. The van der Waals surface area contributed by atoms with Crippen LogP contribution < -0.4 is 0 Å². The predicted molar refractivity (Wildman–Crippen MR) is 475 cm³/mol. The Labute approximate surface area is 715 Å². The molecule has 0 aromatic heterocycles. The summed E-state index contributed by atoms with van der Waals surface area (Å²) in [5.74, 6) is 5.68. The lowest BCUT2D eigenvalue weighted by Crippen LogP contribution is -2.58. The minimum atomic E-state index is -0.389. The largest absolute Gasteiger partial charge is 0.381 e. The molecule has 0 bridgehead atoms. The minimum Gasteiger partial charge on any atom is -0.381 e. The Morgan fingerprint density at radius 3 is 1.08 bits per heavy atom. The van der Waals surface area contributed by atoms with Crippen LogP contribution >= 0.6 is 0 Å². The first-order valence-corrected chi connectivity index (χ1v) is 47.7. The molecule has 2 aliphatic carbocycles. The number of nitrogens with zero attached hydrogens (tertiary/aromatic N) is 18. The zero-order valence-electron chi connectivity index (χ0n) is 77.3. The van der Waals surface area contributed by atoms with Crippen LogP contribution in [0.15, 0.2) is 30.3 Å². The van der Waals surface area contributed by atoms with Gasteiger partial charge in [0.1, 0.15) is 0 Å². The van der Waals surface area contributed by atoms with Crippen LogP contribution in [0.25, 0.3) is 0 Å². The van der Waals surface area contributed by atoms with E-state index >= 15 is 0 Å². The average molecular weight is 1650 g/mol. The maximum atomic E-state index is 13.4. The summed E-state index contributed by atoms with van der Waals surface area (Å²) >= 11 is 0. The molecule has 15 fully saturated rings. The maximum Gasteiger partial charge on any atom is 0.320 e. The van der Waals surface area contributed by atoms with Crippen molar-refractivity contribution in [1.82, 2.24) is 88.2 Å². The van der Waals surface area contributed by atoms with Crippen molar-refractivity contribution in [3.05, 3.63) is 35.9 Å². The van der Waals surface area contributed by atoms with E-state index in [4.69, 9.17) is 4.74 Å². The Balaban J connectivity index is 0.000000139. The molecule has 118 heavy (non-hydrogen) atoms. The topological polar surface area (TPSA) is 170 Å². The highest BCUT2D eigenvalue weighted by Crippen LogP contribution is 2.62. The van der Waals surface area contributed by atoms with Crippen molar-refractivity contribution in [3.8, 4) is 0 Å². The molecule has 0 radical (unpaired) electrons. The van der Waals surface area contributed by atoms with E-state index < -0.39 is 0 Å². The fourth-order valence-corrected chi connectivity index (χ4v) is 21.2. The molecule has 16 rings (SSSR count). The van der Waals surface area contributed by atoms with Crippen molar-refractivity contribution >= 4 is 36.1 Å². The van der Waals surface area contributed by atoms with Gasteiger partial charge in [-0.15, -0.1) is 0 Å². The van der Waals surface area contributed by atoms with Gasteiger partial charge < -0.3 is 58.6 Å². The molecular weight excluding hydrogens is 1480 g/mol. The summed E-state index contributed by atoms with van der Waals surface area (Å²) in [5, 5.41) is 0. The highest BCUT2D eigenvalue weighted by Gasteiger charge is 2.63. The van der Waals surface area contributed by atoms with Crippen LogP contribution in [0.1, 0.15) is 187 Å². The zero-order valence-corrected chi connectivity index (χ0v) is 77.3. The van der Waals surface area contributed by atoms with Crippen LogP contribution in [-0.2, 0) is 14.9 Å². The first-order chi connectivity index (χ1) is 56.4. The number of fused-ring (bicyclic) bond motifs is 2. The van der Waals surface area contributed by atoms with Crippen LogP contribution in [-0.4, -0.2) is 415 Å². The lowest BCUT2D eigenvalue weighted by Gasteiger charge is -2.43. The molecule has 6 atom stereocenters. The average Bonchev–Trinajstić information content (AvgIpc) is 1.55. The van der Waals surface area contributed by atoms with Gasteiger partial charge >= 0.3 is 30.2 Å². The van der Waals surface area contributed by atoms with Crippen molar-refractivity contribution in [1.29, 1.82) is 0 Å². The van der Waals surface area contributed by atoms with Crippen molar-refractivity contribution in [3.63, 3.8) is 0 Å². The number of carbonyl (C=O) groups excluding carboxylic acids is 6. The van der Waals surface area contributed by atoms with Gasteiger partial charge in [0.25, 0.3) is 0 Å². The van der Waals surface area contributed by atoms with Crippen LogP contribution in [0.4, 0.5) is 24.0 Å². The third-order valence-electron chi connectivity index (χ3n) is 30.6. The molecule has 13 heterocycles. The summed E-state index contributed by atoms with van der Waals surface area (Å²) in [5.41, 5.74) is 1.26. The molecule has 15 aliphatic rings. The molecule has 25 heteroatoms. The van der Waals surface area contributed by atoms with E-state index in [1.807, 2.05) is 28.0 Å². The number of urea groups is 5. The number of ether oxygens (including phenoxy) is 1. The second-order valence-corrected chi connectivity index (χ2v) is 40.3. The molecule has 1 aromatic carbocycles. The number of piperazine rings is 7. The summed E-state index contributed by atoms with van der Waals surface area (Å²) in [6, 6.07) is 15.9. The van der Waals surface area contributed by atoms with E-state index in [0.29, 0.717) is 84.7 Å². The predicted octanol–water partition coefficient (Wildman–Crippen LogP) is 10.8. The normalized spacial score (nSPS) is 27.5. The van der Waals surface area contributed by atoms with Crippen LogP contribution in [0.3, 0.4) is 0 Å². The first-order valence-electron chi connectivity index (χ1n) is 47.7. The fraction of sp³-hybridized carbons (Fsp3) is 0.871. The first kappa shape index (κ1) is 93.4. The molecule has 2 saturated carbocycles. The van der Waals surface area contributed by atoms with Gasteiger partial charge in [-0.2, -0.15) is 0 Å². The van der Waals surface area contributed by atoms with Crippen LogP contribution in [0, 0.1) is 46.8 Å². The number of carbonyl (C=O) groups is 6. The maximum absolute atomic E-state index is 13.4. The number of piperidine rings is 1. The Hall–Kier alpha value is -5.28. The lowest BCUT2D eigenvalue weighted by molar-refractivity contribution is -0.143. The van der Waals surface area contributed by atoms with Crippen molar-refractivity contribution in [2.45, 2.75) is 230 Å². The molecule has 6 unspecified atom stereocenters. The molecule has 13 saturated heterocycles. The quantitative estimate of drug-likeness (QED) is 0.205. The molecule has 670 valence electrons. The smallest absolute Gasteiger partial charge is 0.320 e. The minimum absolute atomic E-state index is 0.270. The molecule has 0 spiro atoms. The molecule has 11 amide bonds. The highest BCUT2D eigenvalue weighted by atomic mass is 16.5. The number of hydrogen-bond donors (Lipinski definition) is 0. The second kappa shape index (κ2) is 43.4. The van der Waals surface area contributed by atoms with E-state index in [-0.39, 0.29) is 29.5 Å². The van der Waals surface area contributed by atoms with Crippen molar-refractivity contribution in [2.75, 3.05) is 249 Å². The van der Waals surface area contributed by atoms with E-state index in [2.05, 4.69) is 208 Å². The van der Waals surface area contributed by atoms with Gasteiger partial charge in [0, 0.05) is 285 Å². The van der Waals surface area contributed by atoms with Crippen molar-refractivity contribution in [2.24, 2.45) is 46.8 Å².